The minimum Gasteiger partial charge on any atom is -0.399 e. The van der Waals surface area contributed by atoms with Crippen molar-refractivity contribution in [2.45, 2.75) is 25.0 Å². The Morgan fingerprint density at radius 3 is 2.67 bits per heavy atom. The molecular weight excluding hydrogens is 235 g/mol. The summed E-state index contributed by atoms with van der Waals surface area (Å²) in [5, 5.41) is 0. The van der Waals surface area contributed by atoms with Gasteiger partial charge in [0.05, 0.1) is 17.8 Å². The lowest BCUT2D eigenvalue weighted by molar-refractivity contribution is -0.0304. The van der Waals surface area contributed by atoms with Gasteiger partial charge in [-0.05, 0) is 31.0 Å². The highest BCUT2D eigenvalue weighted by Crippen LogP contribution is 2.27. The molecular formula is C13H15FN2O2. The molecule has 2 aliphatic rings. The van der Waals surface area contributed by atoms with Crippen molar-refractivity contribution in [2.24, 2.45) is 0 Å². The van der Waals surface area contributed by atoms with Crippen LogP contribution < -0.4 is 5.73 Å². The molecule has 0 radical (unpaired) electrons. The van der Waals surface area contributed by atoms with E-state index in [1.165, 1.54) is 18.2 Å². The Morgan fingerprint density at radius 2 is 2.00 bits per heavy atom. The molecule has 2 aliphatic heterocycles. The smallest absolute Gasteiger partial charge is 0.257 e. The quantitative estimate of drug-likeness (QED) is 0.767. The van der Waals surface area contributed by atoms with E-state index in [0.29, 0.717) is 18.8 Å². The van der Waals surface area contributed by atoms with E-state index in [2.05, 4.69) is 0 Å². The largest absolute Gasteiger partial charge is 0.399 e. The number of nitrogens with two attached hydrogens (primary N) is 1. The summed E-state index contributed by atoms with van der Waals surface area (Å²) in [5.41, 5.74) is 6.05. The first kappa shape index (κ1) is 11.5. The number of fused-ring (bicyclic) bond motifs is 2. The van der Waals surface area contributed by atoms with Crippen molar-refractivity contribution in [3.8, 4) is 0 Å². The van der Waals surface area contributed by atoms with Crippen LogP contribution in [0.3, 0.4) is 0 Å². The van der Waals surface area contributed by atoms with Crippen LogP contribution in [0.15, 0.2) is 18.2 Å². The zero-order valence-corrected chi connectivity index (χ0v) is 9.93. The number of carbonyl (C=O) groups is 1. The number of amides is 1. The third-order valence-electron chi connectivity index (χ3n) is 3.55. The van der Waals surface area contributed by atoms with E-state index in [4.69, 9.17) is 10.5 Å². The minimum absolute atomic E-state index is 0.0521. The van der Waals surface area contributed by atoms with Crippen LogP contribution in [0.1, 0.15) is 23.2 Å². The highest BCUT2D eigenvalue weighted by Gasteiger charge is 2.36. The topological polar surface area (TPSA) is 55.6 Å². The molecule has 2 fully saturated rings. The molecule has 2 unspecified atom stereocenters. The van der Waals surface area contributed by atoms with Crippen LogP contribution in [0.5, 0.6) is 0 Å². The molecule has 18 heavy (non-hydrogen) atoms. The zero-order chi connectivity index (χ0) is 12.7. The molecule has 4 nitrogen and oxygen atoms in total. The molecule has 5 heteroatoms. The Kier molecular flexibility index (Phi) is 2.70. The maximum Gasteiger partial charge on any atom is 0.257 e. The third-order valence-corrected chi connectivity index (χ3v) is 3.55. The van der Waals surface area contributed by atoms with E-state index < -0.39 is 5.82 Å². The second kappa shape index (κ2) is 4.24. The minimum atomic E-state index is -0.520. The van der Waals surface area contributed by atoms with E-state index in [-0.39, 0.29) is 23.7 Å². The molecule has 2 bridgehead atoms. The van der Waals surface area contributed by atoms with Crippen molar-refractivity contribution in [1.82, 2.24) is 4.90 Å². The Labute approximate surface area is 105 Å². The number of hydrogen-bond donors (Lipinski definition) is 1. The number of anilines is 1. The first-order chi connectivity index (χ1) is 8.63. The molecule has 0 spiro atoms. The fraction of sp³-hybridized carbons (Fsp3) is 0.462. The molecule has 0 saturated carbocycles. The number of hydrogen-bond acceptors (Lipinski definition) is 3. The number of nitrogen functional groups attached to an aromatic ring is 1. The van der Waals surface area contributed by atoms with Crippen LogP contribution in [0.2, 0.25) is 0 Å². The van der Waals surface area contributed by atoms with Gasteiger partial charge in [0.1, 0.15) is 5.82 Å². The van der Waals surface area contributed by atoms with Gasteiger partial charge in [0, 0.05) is 18.8 Å². The molecule has 1 amide bonds. The van der Waals surface area contributed by atoms with E-state index in [1.807, 2.05) is 0 Å². The second-order valence-electron chi connectivity index (χ2n) is 4.91. The van der Waals surface area contributed by atoms with Crippen molar-refractivity contribution < 1.29 is 13.9 Å². The number of morpholine rings is 1. The van der Waals surface area contributed by atoms with E-state index in [9.17, 15) is 9.18 Å². The van der Waals surface area contributed by atoms with Crippen molar-refractivity contribution in [2.75, 3.05) is 18.8 Å². The number of carbonyl (C=O) groups excluding carboxylic acids is 1. The molecule has 2 atom stereocenters. The average Bonchev–Trinajstić information content (AvgIpc) is 2.70. The molecule has 1 aromatic carbocycles. The van der Waals surface area contributed by atoms with Gasteiger partial charge < -0.3 is 15.4 Å². The Balaban J connectivity index is 1.84. The van der Waals surface area contributed by atoms with Crippen molar-refractivity contribution in [3.05, 3.63) is 29.6 Å². The van der Waals surface area contributed by atoms with Crippen LogP contribution in [-0.2, 0) is 4.74 Å². The molecule has 0 aliphatic carbocycles. The number of nitrogens with zero attached hydrogens (tertiary/aromatic N) is 1. The lowest BCUT2D eigenvalue weighted by Crippen LogP contribution is -2.46. The second-order valence-corrected chi connectivity index (χ2v) is 4.91. The number of halogens is 1. The van der Waals surface area contributed by atoms with Gasteiger partial charge in [-0.15, -0.1) is 0 Å². The van der Waals surface area contributed by atoms with Gasteiger partial charge in [-0.1, -0.05) is 0 Å². The molecule has 0 aromatic heterocycles. The SMILES string of the molecule is Nc1ccc(F)c(C(=O)N2CC3CCC(C2)O3)c1. The van der Waals surface area contributed by atoms with Gasteiger partial charge in [0.2, 0.25) is 0 Å². The Bertz CT molecular complexity index is 480. The monoisotopic (exact) mass is 250 g/mol. The summed E-state index contributed by atoms with van der Waals surface area (Å²) >= 11 is 0. The molecule has 1 aromatic rings. The maximum atomic E-state index is 13.7. The van der Waals surface area contributed by atoms with Crippen LogP contribution in [-0.4, -0.2) is 36.1 Å². The Hall–Kier alpha value is -1.62. The summed E-state index contributed by atoms with van der Waals surface area (Å²) in [6.45, 7) is 1.09. The number of ether oxygens (including phenoxy) is 1. The van der Waals surface area contributed by atoms with Crippen LogP contribution >= 0.6 is 0 Å². The zero-order valence-electron chi connectivity index (χ0n) is 9.93. The summed E-state index contributed by atoms with van der Waals surface area (Å²) in [6, 6.07) is 4.09. The van der Waals surface area contributed by atoms with Crippen molar-refractivity contribution in [3.63, 3.8) is 0 Å². The normalized spacial score (nSPS) is 26.4. The Morgan fingerprint density at radius 1 is 1.33 bits per heavy atom. The van der Waals surface area contributed by atoms with Gasteiger partial charge in [-0.25, -0.2) is 4.39 Å². The first-order valence-electron chi connectivity index (χ1n) is 6.13. The number of benzene rings is 1. The van der Waals surface area contributed by atoms with Crippen LogP contribution in [0.4, 0.5) is 10.1 Å². The van der Waals surface area contributed by atoms with E-state index >= 15 is 0 Å². The third kappa shape index (κ3) is 1.95. The van der Waals surface area contributed by atoms with E-state index in [0.717, 1.165) is 12.8 Å². The predicted octanol–water partition coefficient (Wildman–Crippen LogP) is 1.41. The lowest BCUT2D eigenvalue weighted by atomic mass is 10.1. The number of rotatable bonds is 1. The molecule has 96 valence electrons. The fourth-order valence-corrected chi connectivity index (χ4v) is 2.66. The predicted molar refractivity (Wildman–Crippen MR) is 64.6 cm³/mol. The van der Waals surface area contributed by atoms with Gasteiger partial charge in [-0.2, -0.15) is 0 Å². The van der Waals surface area contributed by atoms with Gasteiger partial charge in [0.15, 0.2) is 0 Å². The fourth-order valence-electron chi connectivity index (χ4n) is 2.66. The first-order valence-corrected chi connectivity index (χ1v) is 6.13. The van der Waals surface area contributed by atoms with Crippen LogP contribution in [0, 0.1) is 5.82 Å². The molecule has 2 saturated heterocycles. The standard InChI is InChI=1S/C13H15FN2O2/c14-12-4-1-8(15)5-11(12)13(17)16-6-9-2-3-10(7-16)18-9/h1,4-5,9-10H,2-3,6-7,15H2. The van der Waals surface area contributed by atoms with Gasteiger partial charge in [0.25, 0.3) is 5.91 Å². The van der Waals surface area contributed by atoms with Crippen molar-refractivity contribution in [1.29, 1.82) is 0 Å². The van der Waals surface area contributed by atoms with Crippen LogP contribution in [0.25, 0.3) is 0 Å². The molecule has 2 heterocycles. The van der Waals surface area contributed by atoms with Crippen molar-refractivity contribution >= 4 is 11.6 Å². The average molecular weight is 250 g/mol. The molecule has 2 N–H and O–H groups in total. The summed E-state index contributed by atoms with van der Waals surface area (Å²) in [6.07, 6.45) is 2.18. The van der Waals surface area contributed by atoms with Gasteiger partial charge in [-0.3, -0.25) is 4.79 Å². The molecule has 3 rings (SSSR count). The summed E-state index contributed by atoms with van der Waals surface area (Å²) in [4.78, 5) is 13.9. The summed E-state index contributed by atoms with van der Waals surface area (Å²) in [5.74, 6) is -0.812. The lowest BCUT2D eigenvalue weighted by Gasteiger charge is -2.32. The number of likely N-dealkylation sites (tertiary alicyclic amines) is 1. The highest BCUT2D eigenvalue weighted by molar-refractivity contribution is 5.95. The summed E-state index contributed by atoms with van der Waals surface area (Å²) in [7, 11) is 0. The summed E-state index contributed by atoms with van der Waals surface area (Å²) < 4.78 is 19.3. The van der Waals surface area contributed by atoms with Gasteiger partial charge >= 0.3 is 0 Å². The highest BCUT2D eigenvalue weighted by atomic mass is 19.1. The van der Waals surface area contributed by atoms with E-state index in [1.54, 1.807) is 4.90 Å². The maximum absolute atomic E-state index is 13.7.